The van der Waals surface area contributed by atoms with Crippen molar-refractivity contribution in [3.8, 4) is 16.9 Å². The maximum Gasteiger partial charge on any atom is 0.270 e. The van der Waals surface area contributed by atoms with Gasteiger partial charge in [-0.25, -0.2) is 9.67 Å². The normalized spacial score (nSPS) is 10.7. The topological polar surface area (TPSA) is 115 Å². The highest BCUT2D eigenvalue weighted by molar-refractivity contribution is 6.30. The molecule has 2 aromatic heterocycles. The molecule has 0 aliphatic carbocycles. The number of hydrogen-bond acceptors (Lipinski definition) is 6. The van der Waals surface area contributed by atoms with Crippen LogP contribution < -0.4 is 10.9 Å². The van der Waals surface area contributed by atoms with E-state index in [0.29, 0.717) is 38.4 Å². The van der Waals surface area contributed by atoms with Gasteiger partial charge >= 0.3 is 0 Å². The third-order valence-corrected chi connectivity index (χ3v) is 5.39. The van der Waals surface area contributed by atoms with Crippen molar-refractivity contribution >= 4 is 34.3 Å². The summed E-state index contributed by atoms with van der Waals surface area (Å²) < 4.78 is 1.47. The zero-order chi connectivity index (χ0) is 23.5. The van der Waals surface area contributed by atoms with Crippen LogP contribution in [0.5, 0.6) is 0 Å². The second kappa shape index (κ2) is 9.08. The molecule has 0 atom stereocenters. The molecule has 10 heteroatoms. The van der Waals surface area contributed by atoms with Crippen molar-refractivity contribution in [2.75, 3.05) is 0 Å². The highest BCUT2D eigenvalue weighted by Crippen LogP contribution is 2.26. The van der Waals surface area contributed by atoms with Crippen molar-refractivity contribution in [2.24, 2.45) is 0 Å². The fraction of sp³-hybridized carbons (Fsp3) is 0. The summed E-state index contributed by atoms with van der Waals surface area (Å²) in [4.78, 5) is 30.3. The Morgan fingerprint density at radius 1 is 0.853 bits per heavy atom. The van der Waals surface area contributed by atoms with E-state index in [4.69, 9.17) is 11.6 Å². The number of halogens is 1. The van der Waals surface area contributed by atoms with Crippen molar-refractivity contribution in [3.05, 3.63) is 101 Å². The molecule has 0 bridgehead atoms. The maximum absolute atomic E-state index is 13.0. The molecule has 0 unspecified atom stereocenters. The summed E-state index contributed by atoms with van der Waals surface area (Å²) >= 11 is 6.00. The molecular formula is C24H16ClN7O2. The third kappa shape index (κ3) is 4.32. The molecule has 3 aromatic carbocycles. The number of nitrogens with one attached hydrogen (secondary N) is 2. The van der Waals surface area contributed by atoms with Crippen LogP contribution in [-0.2, 0) is 0 Å². The second-order valence-electron chi connectivity index (χ2n) is 7.29. The number of para-hydroxylation sites is 1. The van der Waals surface area contributed by atoms with Gasteiger partial charge in [0.05, 0.1) is 22.5 Å². The number of nitrogens with zero attached hydrogens (tertiary/aromatic N) is 5. The standard InChI is InChI=1S/C24H16ClN7O2/c25-17-9-5-15(6-10-17)22-13-20(19-3-1-2-4-21(19)27-22)24(34)29-28-23(33)16-7-11-18(12-8-16)32-14-26-30-31-32/h1-14H,(H,28,33)(H,29,34). The molecule has 0 aliphatic rings. The molecule has 0 aliphatic heterocycles. The molecular weight excluding hydrogens is 454 g/mol. The van der Waals surface area contributed by atoms with Gasteiger partial charge in [-0.2, -0.15) is 0 Å². The number of fused-ring (bicyclic) bond motifs is 1. The van der Waals surface area contributed by atoms with E-state index in [2.05, 4.69) is 31.4 Å². The summed E-state index contributed by atoms with van der Waals surface area (Å²) in [5, 5.41) is 12.2. The molecule has 0 fully saturated rings. The molecule has 34 heavy (non-hydrogen) atoms. The number of hydrogen-bond donors (Lipinski definition) is 2. The van der Waals surface area contributed by atoms with Gasteiger partial charge in [-0.3, -0.25) is 20.4 Å². The van der Waals surface area contributed by atoms with Crippen molar-refractivity contribution in [2.45, 2.75) is 0 Å². The molecule has 2 N–H and O–H groups in total. The Hall–Kier alpha value is -4.63. The Labute approximate surface area is 198 Å². The average Bonchev–Trinajstić information content (AvgIpc) is 3.42. The van der Waals surface area contributed by atoms with Crippen LogP contribution in [0.3, 0.4) is 0 Å². The molecule has 5 aromatic rings. The van der Waals surface area contributed by atoms with E-state index in [-0.39, 0.29) is 0 Å². The predicted molar refractivity (Wildman–Crippen MR) is 126 cm³/mol. The van der Waals surface area contributed by atoms with Crippen molar-refractivity contribution in [3.63, 3.8) is 0 Å². The van der Waals surface area contributed by atoms with Crippen LogP contribution in [0.25, 0.3) is 27.8 Å². The molecule has 0 saturated heterocycles. The zero-order valence-electron chi connectivity index (χ0n) is 17.5. The number of carbonyl (C=O) groups excluding carboxylic acids is 2. The second-order valence-corrected chi connectivity index (χ2v) is 7.73. The predicted octanol–water partition coefficient (Wildman–Crippen LogP) is 3.61. The molecule has 0 radical (unpaired) electrons. The summed E-state index contributed by atoms with van der Waals surface area (Å²) in [6.07, 6.45) is 1.45. The van der Waals surface area contributed by atoms with E-state index >= 15 is 0 Å². The summed E-state index contributed by atoms with van der Waals surface area (Å²) in [6, 6.07) is 22.8. The molecule has 0 saturated carbocycles. The summed E-state index contributed by atoms with van der Waals surface area (Å²) in [6.45, 7) is 0. The van der Waals surface area contributed by atoms with Gasteiger partial charge in [-0.05, 0) is 59.0 Å². The van der Waals surface area contributed by atoms with Gasteiger partial charge in [0.1, 0.15) is 6.33 Å². The lowest BCUT2D eigenvalue weighted by atomic mass is 10.0. The van der Waals surface area contributed by atoms with Crippen LogP contribution in [0, 0.1) is 0 Å². The van der Waals surface area contributed by atoms with Gasteiger partial charge < -0.3 is 0 Å². The van der Waals surface area contributed by atoms with E-state index < -0.39 is 11.8 Å². The monoisotopic (exact) mass is 469 g/mol. The van der Waals surface area contributed by atoms with Crippen LogP contribution in [-0.4, -0.2) is 37.0 Å². The largest absolute Gasteiger partial charge is 0.270 e. The molecule has 9 nitrogen and oxygen atoms in total. The minimum Gasteiger partial charge on any atom is -0.267 e. The van der Waals surface area contributed by atoms with Crippen LogP contribution in [0.2, 0.25) is 5.02 Å². The van der Waals surface area contributed by atoms with Gasteiger partial charge in [0.15, 0.2) is 0 Å². The Kier molecular flexibility index (Phi) is 5.67. The van der Waals surface area contributed by atoms with Gasteiger partial charge in [-0.1, -0.05) is 41.9 Å². The van der Waals surface area contributed by atoms with E-state index in [0.717, 1.165) is 5.56 Å². The quantitative estimate of drug-likeness (QED) is 0.389. The number of amides is 2. The Bertz CT molecular complexity index is 1480. The van der Waals surface area contributed by atoms with E-state index in [1.807, 2.05) is 36.4 Å². The first-order chi connectivity index (χ1) is 16.6. The lowest BCUT2D eigenvalue weighted by Gasteiger charge is -2.12. The van der Waals surface area contributed by atoms with Crippen LogP contribution in [0.1, 0.15) is 20.7 Å². The minimum atomic E-state index is -0.465. The molecule has 5 rings (SSSR count). The highest BCUT2D eigenvalue weighted by Gasteiger charge is 2.15. The molecule has 166 valence electrons. The summed E-state index contributed by atoms with van der Waals surface area (Å²) in [5.41, 5.74) is 8.48. The average molecular weight is 470 g/mol. The van der Waals surface area contributed by atoms with Gasteiger partial charge in [0.25, 0.3) is 11.8 Å². The number of hydrazine groups is 1. The van der Waals surface area contributed by atoms with Crippen LogP contribution in [0.15, 0.2) is 85.2 Å². The first kappa shape index (κ1) is 21.2. The van der Waals surface area contributed by atoms with Crippen molar-refractivity contribution in [1.82, 2.24) is 36.0 Å². The number of carbonyl (C=O) groups is 2. The molecule has 0 spiro atoms. The number of pyridine rings is 1. The molecule has 2 heterocycles. The van der Waals surface area contributed by atoms with E-state index in [1.165, 1.54) is 11.0 Å². The summed E-state index contributed by atoms with van der Waals surface area (Å²) in [5.74, 6) is -0.930. The van der Waals surface area contributed by atoms with Gasteiger partial charge in [0, 0.05) is 21.5 Å². The zero-order valence-corrected chi connectivity index (χ0v) is 18.3. The smallest absolute Gasteiger partial charge is 0.267 e. The van der Waals surface area contributed by atoms with E-state index in [9.17, 15) is 9.59 Å². The number of tetrazole rings is 1. The Morgan fingerprint density at radius 3 is 2.32 bits per heavy atom. The SMILES string of the molecule is O=C(NNC(=O)c1cc(-c2ccc(Cl)cc2)nc2ccccc12)c1ccc(-n2cnnn2)cc1. The lowest BCUT2D eigenvalue weighted by molar-refractivity contribution is 0.0847. The van der Waals surface area contributed by atoms with Crippen molar-refractivity contribution < 1.29 is 9.59 Å². The maximum atomic E-state index is 13.0. The molecule has 2 amide bonds. The minimum absolute atomic E-state index is 0.360. The fourth-order valence-corrected chi connectivity index (χ4v) is 3.56. The fourth-order valence-electron chi connectivity index (χ4n) is 3.43. The third-order valence-electron chi connectivity index (χ3n) is 5.13. The first-order valence-corrected chi connectivity index (χ1v) is 10.6. The number of aromatic nitrogens is 5. The number of benzene rings is 3. The highest BCUT2D eigenvalue weighted by atomic mass is 35.5. The lowest BCUT2D eigenvalue weighted by Crippen LogP contribution is -2.41. The Balaban J connectivity index is 1.37. The van der Waals surface area contributed by atoms with Gasteiger partial charge in [0.2, 0.25) is 0 Å². The van der Waals surface area contributed by atoms with E-state index in [1.54, 1.807) is 42.5 Å². The van der Waals surface area contributed by atoms with Gasteiger partial charge in [-0.15, -0.1) is 5.10 Å². The summed E-state index contributed by atoms with van der Waals surface area (Å²) in [7, 11) is 0. The first-order valence-electron chi connectivity index (χ1n) is 10.2. The van der Waals surface area contributed by atoms with Crippen LogP contribution >= 0.6 is 11.6 Å². The van der Waals surface area contributed by atoms with Crippen molar-refractivity contribution in [1.29, 1.82) is 0 Å². The number of rotatable bonds is 4. The van der Waals surface area contributed by atoms with Crippen LogP contribution in [0.4, 0.5) is 0 Å². The Morgan fingerprint density at radius 2 is 1.59 bits per heavy atom.